The molecule has 1 heterocycles. The van der Waals surface area contributed by atoms with Crippen LogP contribution >= 0.6 is 15.9 Å². The Labute approximate surface area is 117 Å². The van der Waals surface area contributed by atoms with Crippen LogP contribution in [0, 0.1) is 12.7 Å². The zero-order chi connectivity index (χ0) is 14.2. The maximum absolute atomic E-state index is 13.6. The van der Waals surface area contributed by atoms with Gasteiger partial charge in [-0.05, 0) is 40.5 Å². The lowest BCUT2D eigenvalue weighted by Gasteiger charge is -2.09. The molecule has 0 saturated heterocycles. The SMILES string of the molecule is Cc1ccc(NS(=O)(=O)c2c(Br)nnn2C)c(F)c1. The van der Waals surface area contributed by atoms with Crippen LogP contribution in [0.15, 0.2) is 27.8 Å². The first-order valence-corrected chi connectivity index (χ1v) is 7.43. The normalized spacial score (nSPS) is 11.6. The third-order valence-electron chi connectivity index (χ3n) is 2.36. The van der Waals surface area contributed by atoms with Crippen LogP contribution < -0.4 is 4.72 Å². The van der Waals surface area contributed by atoms with E-state index in [0.717, 1.165) is 4.68 Å². The zero-order valence-corrected chi connectivity index (χ0v) is 12.5. The van der Waals surface area contributed by atoms with Crippen molar-refractivity contribution in [3.05, 3.63) is 34.2 Å². The van der Waals surface area contributed by atoms with Gasteiger partial charge in [0.1, 0.15) is 5.82 Å². The lowest BCUT2D eigenvalue weighted by Crippen LogP contribution is -2.18. The summed E-state index contributed by atoms with van der Waals surface area (Å²) in [4.78, 5) is 0. The second-order valence-electron chi connectivity index (χ2n) is 3.90. The molecule has 1 aromatic heterocycles. The summed E-state index contributed by atoms with van der Waals surface area (Å²) in [5.41, 5.74) is 0.572. The highest BCUT2D eigenvalue weighted by Crippen LogP contribution is 2.23. The molecule has 0 saturated carbocycles. The summed E-state index contributed by atoms with van der Waals surface area (Å²) in [6.45, 7) is 1.71. The summed E-state index contributed by atoms with van der Waals surface area (Å²) in [5.74, 6) is -0.644. The number of nitrogens with one attached hydrogen (secondary N) is 1. The Bertz CT molecular complexity index is 710. The first-order valence-electron chi connectivity index (χ1n) is 5.15. The number of nitrogens with zero attached hydrogens (tertiary/aromatic N) is 3. The smallest absolute Gasteiger partial charge is 0.275 e. The van der Waals surface area contributed by atoms with Gasteiger partial charge < -0.3 is 0 Å². The molecule has 2 aromatic rings. The van der Waals surface area contributed by atoms with Crippen LogP contribution in [0.5, 0.6) is 0 Å². The number of sulfonamides is 1. The summed E-state index contributed by atoms with van der Waals surface area (Å²) in [6.07, 6.45) is 0. The largest absolute Gasteiger partial charge is 0.282 e. The number of hydrogen-bond donors (Lipinski definition) is 1. The van der Waals surface area contributed by atoms with E-state index in [1.807, 2.05) is 0 Å². The maximum atomic E-state index is 13.6. The Morgan fingerprint density at radius 3 is 2.63 bits per heavy atom. The van der Waals surface area contributed by atoms with E-state index in [-0.39, 0.29) is 15.3 Å². The molecule has 0 fully saturated rings. The van der Waals surface area contributed by atoms with E-state index in [9.17, 15) is 12.8 Å². The fraction of sp³-hybridized carbons (Fsp3) is 0.200. The molecule has 6 nitrogen and oxygen atoms in total. The molecule has 0 spiro atoms. The first kappa shape index (κ1) is 13.9. The number of hydrogen-bond acceptors (Lipinski definition) is 4. The Balaban J connectivity index is 2.42. The predicted molar refractivity (Wildman–Crippen MR) is 70.6 cm³/mol. The van der Waals surface area contributed by atoms with Crippen molar-refractivity contribution in [1.29, 1.82) is 0 Å². The Hall–Kier alpha value is -1.48. The fourth-order valence-electron chi connectivity index (χ4n) is 1.50. The van der Waals surface area contributed by atoms with Crippen molar-refractivity contribution in [3.63, 3.8) is 0 Å². The average molecular weight is 349 g/mol. The molecule has 0 radical (unpaired) electrons. The highest BCUT2D eigenvalue weighted by molar-refractivity contribution is 9.10. The molecular formula is C10H10BrFN4O2S. The van der Waals surface area contributed by atoms with Gasteiger partial charge in [-0.1, -0.05) is 11.3 Å². The van der Waals surface area contributed by atoms with Crippen molar-refractivity contribution in [3.8, 4) is 0 Å². The van der Waals surface area contributed by atoms with E-state index in [1.54, 1.807) is 13.0 Å². The minimum atomic E-state index is -3.97. The minimum absolute atomic E-state index is 0.0648. The number of halogens is 2. The topological polar surface area (TPSA) is 76.9 Å². The van der Waals surface area contributed by atoms with Crippen LogP contribution in [0.4, 0.5) is 10.1 Å². The Morgan fingerprint density at radius 1 is 1.42 bits per heavy atom. The minimum Gasteiger partial charge on any atom is -0.275 e. The molecule has 19 heavy (non-hydrogen) atoms. The van der Waals surface area contributed by atoms with Gasteiger partial charge in [0.15, 0.2) is 4.60 Å². The Morgan fingerprint density at radius 2 is 2.11 bits per heavy atom. The monoisotopic (exact) mass is 348 g/mol. The van der Waals surface area contributed by atoms with Crippen molar-refractivity contribution in [2.24, 2.45) is 7.05 Å². The molecule has 1 N–H and O–H groups in total. The van der Waals surface area contributed by atoms with E-state index < -0.39 is 15.8 Å². The van der Waals surface area contributed by atoms with Crippen LogP contribution in [0.3, 0.4) is 0 Å². The standard InChI is InChI=1S/C10H10BrFN4O2S/c1-6-3-4-8(7(12)5-6)14-19(17,18)10-9(11)13-15-16(10)2/h3-5,14H,1-2H3. The molecule has 0 atom stereocenters. The van der Waals surface area contributed by atoms with Crippen LogP contribution in [0.1, 0.15) is 5.56 Å². The second kappa shape index (κ2) is 4.89. The third-order valence-corrected chi connectivity index (χ3v) is 4.61. The number of benzene rings is 1. The molecule has 0 unspecified atom stereocenters. The zero-order valence-electron chi connectivity index (χ0n) is 10.1. The quantitative estimate of drug-likeness (QED) is 0.917. The highest BCUT2D eigenvalue weighted by Gasteiger charge is 2.24. The van der Waals surface area contributed by atoms with Crippen LogP contribution in [0.2, 0.25) is 0 Å². The molecule has 2 rings (SSSR count). The van der Waals surface area contributed by atoms with Gasteiger partial charge in [0.05, 0.1) is 5.69 Å². The number of aromatic nitrogens is 3. The van der Waals surface area contributed by atoms with Gasteiger partial charge >= 0.3 is 0 Å². The second-order valence-corrected chi connectivity index (χ2v) is 6.25. The maximum Gasteiger partial charge on any atom is 0.282 e. The lowest BCUT2D eigenvalue weighted by molar-refractivity contribution is 0.577. The third kappa shape index (κ3) is 2.76. The number of aryl methyl sites for hydroxylation is 2. The van der Waals surface area contributed by atoms with Crippen molar-refractivity contribution in [2.45, 2.75) is 11.9 Å². The van der Waals surface area contributed by atoms with Gasteiger partial charge in [0.2, 0.25) is 5.03 Å². The van der Waals surface area contributed by atoms with Gasteiger partial charge in [-0.25, -0.2) is 9.07 Å². The van der Waals surface area contributed by atoms with E-state index in [0.29, 0.717) is 5.56 Å². The average Bonchev–Trinajstić information content (AvgIpc) is 2.63. The highest BCUT2D eigenvalue weighted by atomic mass is 79.9. The molecule has 1 aromatic carbocycles. The predicted octanol–water partition coefficient (Wildman–Crippen LogP) is 1.83. The fourth-order valence-corrected chi connectivity index (χ4v) is 3.67. The summed E-state index contributed by atoms with van der Waals surface area (Å²) < 4.78 is 41.2. The van der Waals surface area contributed by atoms with Gasteiger partial charge in [-0.3, -0.25) is 4.72 Å². The van der Waals surface area contributed by atoms with E-state index in [1.165, 1.54) is 19.2 Å². The van der Waals surface area contributed by atoms with Gasteiger partial charge in [0, 0.05) is 7.05 Å². The van der Waals surface area contributed by atoms with E-state index in [2.05, 4.69) is 31.0 Å². The van der Waals surface area contributed by atoms with Crippen molar-refractivity contribution < 1.29 is 12.8 Å². The molecular weight excluding hydrogens is 339 g/mol. The van der Waals surface area contributed by atoms with Gasteiger partial charge in [0.25, 0.3) is 10.0 Å². The summed E-state index contributed by atoms with van der Waals surface area (Å²) in [5, 5.41) is 6.97. The van der Waals surface area contributed by atoms with Gasteiger partial charge in [-0.2, -0.15) is 8.42 Å². The van der Waals surface area contributed by atoms with Gasteiger partial charge in [-0.15, -0.1) is 5.10 Å². The molecule has 0 amide bonds. The number of anilines is 1. The van der Waals surface area contributed by atoms with Crippen LogP contribution in [-0.2, 0) is 17.1 Å². The molecule has 0 aliphatic heterocycles. The van der Waals surface area contributed by atoms with E-state index >= 15 is 0 Å². The summed E-state index contributed by atoms with van der Waals surface area (Å²) in [7, 11) is -2.54. The van der Waals surface area contributed by atoms with Crippen LogP contribution in [0.25, 0.3) is 0 Å². The van der Waals surface area contributed by atoms with Crippen molar-refractivity contribution in [2.75, 3.05) is 4.72 Å². The molecule has 102 valence electrons. The van der Waals surface area contributed by atoms with Crippen LogP contribution in [-0.4, -0.2) is 23.4 Å². The van der Waals surface area contributed by atoms with E-state index in [4.69, 9.17) is 0 Å². The summed E-state index contributed by atoms with van der Waals surface area (Å²) >= 11 is 2.99. The molecule has 9 heteroatoms. The summed E-state index contributed by atoms with van der Waals surface area (Å²) in [6, 6.07) is 4.21. The number of rotatable bonds is 3. The molecule has 0 aliphatic carbocycles. The lowest BCUT2D eigenvalue weighted by atomic mass is 10.2. The van der Waals surface area contributed by atoms with Crippen molar-refractivity contribution in [1.82, 2.24) is 15.0 Å². The van der Waals surface area contributed by atoms with Crippen molar-refractivity contribution >= 4 is 31.6 Å². The Kier molecular flexibility index (Phi) is 3.59. The molecule has 0 bridgehead atoms. The molecule has 0 aliphatic rings. The first-order chi connectivity index (χ1) is 8.81.